The summed E-state index contributed by atoms with van der Waals surface area (Å²) in [6.45, 7) is 0.529. The third-order valence-electron chi connectivity index (χ3n) is 4.64. The van der Waals surface area contributed by atoms with Gasteiger partial charge in [0.2, 0.25) is 15.9 Å². The van der Waals surface area contributed by atoms with Gasteiger partial charge in [-0.05, 0) is 28.5 Å². The molecule has 0 spiro atoms. The molecule has 0 radical (unpaired) electrons. The van der Waals surface area contributed by atoms with Crippen LogP contribution in [0.2, 0.25) is 0 Å². The molecule has 0 aromatic heterocycles. The fourth-order valence-corrected chi connectivity index (χ4v) is 3.65. The fourth-order valence-electron chi connectivity index (χ4n) is 3.05. The first kappa shape index (κ1) is 20.8. The van der Waals surface area contributed by atoms with Crippen LogP contribution in [0.4, 0.5) is 0 Å². The summed E-state index contributed by atoms with van der Waals surface area (Å²) >= 11 is 0. The molecule has 3 aromatic rings. The van der Waals surface area contributed by atoms with Crippen molar-refractivity contribution in [3.8, 4) is 5.75 Å². The molecule has 3 aromatic carbocycles. The van der Waals surface area contributed by atoms with Gasteiger partial charge < -0.3 is 10.1 Å². The van der Waals surface area contributed by atoms with Gasteiger partial charge in [-0.2, -0.15) is 4.31 Å². The maximum Gasteiger partial charge on any atom is 0.243 e. The van der Waals surface area contributed by atoms with Crippen LogP contribution in [0.1, 0.15) is 11.6 Å². The molecule has 29 heavy (non-hydrogen) atoms. The predicted octanol–water partition coefficient (Wildman–Crippen LogP) is 2.97. The normalized spacial score (nSPS) is 12.7. The predicted molar refractivity (Wildman–Crippen MR) is 114 cm³/mol. The van der Waals surface area contributed by atoms with Crippen LogP contribution in [0.3, 0.4) is 0 Å². The van der Waals surface area contributed by atoms with E-state index in [2.05, 4.69) is 5.32 Å². The average molecular weight is 413 g/mol. The van der Waals surface area contributed by atoms with Crippen molar-refractivity contribution in [1.82, 2.24) is 9.62 Å². The van der Waals surface area contributed by atoms with Crippen LogP contribution >= 0.6 is 0 Å². The van der Waals surface area contributed by atoms with E-state index in [0.717, 1.165) is 21.3 Å². The number of hydrogen-bond acceptors (Lipinski definition) is 4. The summed E-state index contributed by atoms with van der Waals surface area (Å²) in [6, 6.07) is 21.7. The van der Waals surface area contributed by atoms with Crippen LogP contribution in [0.15, 0.2) is 72.8 Å². The van der Waals surface area contributed by atoms with E-state index in [-0.39, 0.29) is 13.2 Å². The molecule has 0 saturated heterocycles. The van der Waals surface area contributed by atoms with Crippen LogP contribution in [-0.2, 0) is 14.8 Å². The van der Waals surface area contributed by atoms with Crippen LogP contribution in [-0.4, -0.2) is 45.1 Å². The third kappa shape index (κ3) is 5.34. The molecule has 1 N–H and O–H groups in total. The smallest absolute Gasteiger partial charge is 0.243 e. The Morgan fingerprint density at radius 3 is 2.34 bits per heavy atom. The van der Waals surface area contributed by atoms with E-state index in [1.807, 2.05) is 48.5 Å². The summed E-state index contributed by atoms with van der Waals surface area (Å²) in [6.07, 6.45) is 1.08. The number of benzene rings is 3. The van der Waals surface area contributed by atoms with Crippen molar-refractivity contribution in [2.45, 2.75) is 6.04 Å². The molecule has 0 saturated carbocycles. The zero-order chi connectivity index (χ0) is 20.9. The molecule has 0 aliphatic heterocycles. The van der Waals surface area contributed by atoms with Crippen LogP contribution in [0.5, 0.6) is 5.75 Å². The number of likely N-dealkylation sites (N-methyl/N-ethyl adjacent to an activating group) is 1. The summed E-state index contributed by atoms with van der Waals surface area (Å²) in [5.41, 5.74) is 0.605. The minimum absolute atomic E-state index is 0.257. The average Bonchev–Trinajstić information content (AvgIpc) is 2.71. The highest BCUT2D eigenvalue weighted by atomic mass is 32.2. The highest BCUT2D eigenvalue weighted by molar-refractivity contribution is 7.88. The van der Waals surface area contributed by atoms with Gasteiger partial charge in [0.15, 0.2) is 0 Å². The van der Waals surface area contributed by atoms with Crippen molar-refractivity contribution < 1.29 is 17.9 Å². The van der Waals surface area contributed by atoms with E-state index >= 15 is 0 Å². The lowest BCUT2D eigenvalue weighted by Crippen LogP contribution is -2.42. The van der Waals surface area contributed by atoms with Crippen LogP contribution < -0.4 is 10.1 Å². The van der Waals surface area contributed by atoms with Crippen molar-refractivity contribution in [2.24, 2.45) is 0 Å². The number of sulfonamides is 1. The quantitative estimate of drug-likeness (QED) is 0.577. The zero-order valence-electron chi connectivity index (χ0n) is 16.4. The number of carbonyl (C=O) groups excluding carboxylic acids is 1. The maximum absolute atomic E-state index is 12.7. The van der Waals surface area contributed by atoms with Gasteiger partial charge in [0.25, 0.3) is 0 Å². The summed E-state index contributed by atoms with van der Waals surface area (Å²) < 4.78 is 30.8. The van der Waals surface area contributed by atoms with Gasteiger partial charge in [0, 0.05) is 7.05 Å². The third-order valence-corrected chi connectivity index (χ3v) is 5.90. The maximum atomic E-state index is 12.7. The summed E-state index contributed by atoms with van der Waals surface area (Å²) in [5.74, 6) is 0.317. The van der Waals surface area contributed by atoms with E-state index < -0.39 is 22.0 Å². The van der Waals surface area contributed by atoms with Crippen molar-refractivity contribution in [3.05, 3.63) is 78.4 Å². The van der Waals surface area contributed by atoms with E-state index in [9.17, 15) is 13.2 Å². The summed E-state index contributed by atoms with van der Waals surface area (Å²) in [5, 5.41) is 4.98. The summed E-state index contributed by atoms with van der Waals surface area (Å²) in [4.78, 5) is 12.7. The van der Waals surface area contributed by atoms with E-state index in [1.165, 1.54) is 7.05 Å². The van der Waals surface area contributed by atoms with Crippen molar-refractivity contribution in [3.63, 3.8) is 0 Å². The highest BCUT2D eigenvalue weighted by Crippen LogP contribution is 2.22. The molecule has 0 heterocycles. The molecule has 6 nitrogen and oxygen atoms in total. The number of nitrogens with one attached hydrogen (secondary N) is 1. The first-order valence-electron chi connectivity index (χ1n) is 9.23. The molecule has 3 rings (SSSR count). The molecule has 0 aliphatic rings. The van der Waals surface area contributed by atoms with Crippen molar-refractivity contribution in [2.75, 3.05) is 26.5 Å². The van der Waals surface area contributed by atoms with Gasteiger partial charge >= 0.3 is 0 Å². The van der Waals surface area contributed by atoms with Gasteiger partial charge in [-0.3, -0.25) is 4.79 Å². The molecule has 152 valence electrons. The second kappa shape index (κ2) is 9.07. The van der Waals surface area contributed by atoms with E-state index in [4.69, 9.17) is 4.74 Å². The molecule has 0 bridgehead atoms. The van der Waals surface area contributed by atoms with Gasteiger partial charge in [-0.25, -0.2) is 8.42 Å². The lowest BCUT2D eigenvalue weighted by atomic mass is 10.1. The molecule has 0 unspecified atom stereocenters. The Labute approximate surface area is 171 Å². The van der Waals surface area contributed by atoms with Gasteiger partial charge in [-0.1, -0.05) is 60.7 Å². The van der Waals surface area contributed by atoms with Gasteiger partial charge in [-0.15, -0.1) is 0 Å². The lowest BCUT2D eigenvalue weighted by molar-refractivity contribution is -0.124. The molecular formula is C22H24N2O4S. The second-order valence-corrected chi connectivity index (χ2v) is 8.78. The van der Waals surface area contributed by atoms with Crippen LogP contribution in [0.25, 0.3) is 10.8 Å². The van der Waals surface area contributed by atoms with Crippen LogP contribution in [0, 0.1) is 0 Å². The monoisotopic (exact) mass is 412 g/mol. The number of nitrogens with zero attached hydrogens (tertiary/aromatic N) is 1. The number of fused-ring (bicyclic) bond motifs is 1. The number of carbonyl (C=O) groups is 1. The Kier molecular flexibility index (Phi) is 6.51. The van der Waals surface area contributed by atoms with Crippen molar-refractivity contribution >= 4 is 26.7 Å². The Hall–Kier alpha value is -2.90. The molecule has 1 atom stereocenters. The Balaban J connectivity index is 1.62. The van der Waals surface area contributed by atoms with Crippen molar-refractivity contribution in [1.29, 1.82) is 0 Å². The fraction of sp³-hybridized carbons (Fsp3) is 0.227. The minimum atomic E-state index is -3.55. The molecule has 7 heteroatoms. The number of amides is 1. The lowest BCUT2D eigenvalue weighted by Gasteiger charge is -2.25. The SMILES string of the molecule is CN([C@@H](C(=O)NCCOc1ccc2ccccc2c1)c1ccccc1)S(C)(=O)=O. The molecule has 0 aliphatic carbocycles. The Morgan fingerprint density at radius 1 is 1.00 bits per heavy atom. The minimum Gasteiger partial charge on any atom is -0.492 e. The largest absolute Gasteiger partial charge is 0.492 e. The summed E-state index contributed by atoms with van der Waals surface area (Å²) in [7, 11) is -2.15. The molecule has 1 amide bonds. The van der Waals surface area contributed by atoms with Gasteiger partial charge in [0.05, 0.1) is 12.8 Å². The zero-order valence-corrected chi connectivity index (χ0v) is 17.2. The second-order valence-electron chi connectivity index (χ2n) is 6.74. The molecular weight excluding hydrogens is 388 g/mol. The highest BCUT2D eigenvalue weighted by Gasteiger charge is 2.30. The Morgan fingerprint density at radius 2 is 1.66 bits per heavy atom. The standard InChI is InChI=1S/C22H24N2O4S/c1-24(29(2,26)27)21(18-9-4-3-5-10-18)22(25)23-14-15-28-20-13-12-17-8-6-7-11-19(17)16-20/h3-13,16,21H,14-15H2,1-2H3,(H,23,25)/t21-/m1/s1. The van der Waals surface area contributed by atoms with E-state index in [0.29, 0.717) is 11.3 Å². The topological polar surface area (TPSA) is 75.7 Å². The van der Waals surface area contributed by atoms with E-state index in [1.54, 1.807) is 24.3 Å². The number of ether oxygens (including phenoxy) is 1. The number of hydrogen-bond donors (Lipinski definition) is 1. The Bertz CT molecular complexity index is 1080. The molecule has 0 fully saturated rings. The number of rotatable bonds is 8. The first-order chi connectivity index (χ1) is 13.9. The first-order valence-corrected chi connectivity index (χ1v) is 11.1. The van der Waals surface area contributed by atoms with Gasteiger partial charge in [0.1, 0.15) is 18.4 Å².